The largest absolute Gasteiger partial charge is 0.465 e. The standard InChI is InChI=1S/C14H26O4/c1-7-14(8-2,18-10-4)11(15)13(5,6)12(16)17-9-3/h7-10H2,1-6H3. The van der Waals surface area contributed by atoms with Crippen molar-refractivity contribution in [1.82, 2.24) is 0 Å². The lowest BCUT2D eigenvalue weighted by Crippen LogP contribution is -2.51. The van der Waals surface area contributed by atoms with E-state index in [9.17, 15) is 9.59 Å². The molecule has 4 nitrogen and oxygen atoms in total. The number of ketones is 1. The SMILES string of the molecule is CCOC(=O)C(C)(C)C(=O)C(CC)(CC)OCC. The number of rotatable bonds is 8. The van der Waals surface area contributed by atoms with Crippen LogP contribution in [0, 0.1) is 5.41 Å². The monoisotopic (exact) mass is 258 g/mol. The average molecular weight is 258 g/mol. The molecule has 0 aliphatic heterocycles. The third kappa shape index (κ3) is 3.31. The Morgan fingerprint density at radius 2 is 1.44 bits per heavy atom. The Balaban J connectivity index is 5.24. The lowest BCUT2D eigenvalue weighted by molar-refractivity contribution is -0.169. The van der Waals surface area contributed by atoms with Crippen molar-refractivity contribution in [3.8, 4) is 0 Å². The summed E-state index contributed by atoms with van der Waals surface area (Å²) in [5, 5.41) is 0. The third-order valence-corrected chi connectivity index (χ3v) is 3.33. The Hall–Kier alpha value is -0.900. The molecule has 0 spiro atoms. The Morgan fingerprint density at radius 1 is 0.944 bits per heavy atom. The normalized spacial score (nSPS) is 12.3. The summed E-state index contributed by atoms with van der Waals surface area (Å²) >= 11 is 0. The van der Waals surface area contributed by atoms with Gasteiger partial charge in [0, 0.05) is 6.61 Å². The van der Waals surface area contributed by atoms with E-state index in [4.69, 9.17) is 9.47 Å². The van der Waals surface area contributed by atoms with Crippen LogP contribution in [0.5, 0.6) is 0 Å². The number of esters is 1. The van der Waals surface area contributed by atoms with Crippen molar-refractivity contribution in [2.24, 2.45) is 5.41 Å². The van der Waals surface area contributed by atoms with E-state index in [0.717, 1.165) is 0 Å². The van der Waals surface area contributed by atoms with Gasteiger partial charge in [0.25, 0.3) is 0 Å². The summed E-state index contributed by atoms with van der Waals surface area (Å²) in [7, 11) is 0. The topological polar surface area (TPSA) is 52.6 Å². The van der Waals surface area contributed by atoms with Gasteiger partial charge in [-0.2, -0.15) is 0 Å². The molecule has 0 bridgehead atoms. The third-order valence-electron chi connectivity index (χ3n) is 3.33. The van der Waals surface area contributed by atoms with Gasteiger partial charge in [-0.25, -0.2) is 0 Å². The molecule has 0 unspecified atom stereocenters. The molecule has 0 heterocycles. The highest BCUT2D eigenvalue weighted by molar-refractivity contribution is 6.07. The maximum absolute atomic E-state index is 12.6. The van der Waals surface area contributed by atoms with E-state index in [1.807, 2.05) is 20.8 Å². The van der Waals surface area contributed by atoms with Gasteiger partial charge >= 0.3 is 5.97 Å². The second-order valence-corrected chi connectivity index (χ2v) is 4.81. The van der Waals surface area contributed by atoms with Crippen molar-refractivity contribution in [1.29, 1.82) is 0 Å². The number of carbonyl (C=O) groups excluding carboxylic acids is 2. The molecule has 106 valence electrons. The zero-order chi connectivity index (χ0) is 14.4. The van der Waals surface area contributed by atoms with Crippen molar-refractivity contribution in [3.05, 3.63) is 0 Å². The van der Waals surface area contributed by atoms with E-state index in [2.05, 4.69) is 0 Å². The van der Waals surface area contributed by atoms with Crippen LogP contribution in [0.4, 0.5) is 0 Å². The van der Waals surface area contributed by atoms with E-state index in [1.54, 1.807) is 20.8 Å². The summed E-state index contributed by atoms with van der Waals surface area (Å²) in [6, 6.07) is 0. The fourth-order valence-corrected chi connectivity index (χ4v) is 2.09. The Bertz CT molecular complexity index is 290. The van der Waals surface area contributed by atoms with E-state index < -0.39 is 17.0 Å². The lowest BCUT2D eigenvalue weighted by atomic mass is 9.76. The molecule has 4 heteroatoms. The second-order valence-electron chi connectivity index (χ2n) is 4.81. The molecule has 0 aromatic heterocycles. The van der Waals surface area contributed by atoms with Crippen molar-refractivity contribution < 1.29 is 19.1 Å². The highest BCUT2D eigenvalue weighted by Gasteiger charge is 2.48. The molecule has 0 amide bonds. The fourth-order valence-electron chi connectivity index (χ4n) is 2.09. The van der Waals surface area contributed by atoms with Crippen LogP contribution < -0.4 is 0 Å². The van der Waals surface area contributed by atoms with Gasteiger partial charge in [0.15, 0.2) is 5.78 Å². The molecule has 0 saturated heterocycles. The predicted octanol–water partition coefficient (Wildman–Crippen LogP) is 2.74. The fraction of sp³-hybridized carbons (Fsp3) is 0.857. The quantitative estimate of drug-likeness (QED) is 0.496. The van der Waals surface area contributed by atoms with Crippen LogP contribution in [0.1, 0.15) is 54.4 Å². The average Bonchev–Trinajstić information content (AvgIpc) is 2.35. The van der Waals surface area contributed by atoms with Crippen LogP contribution in [0.2, 0.25) is 0 Å². The molecule has 0 saturated carbocycles. The van der Waals surface area contributed by atoms with Gasteiger partial charge in [0.1, 0.15) is 11.0 Å². The first-order valence-electron chi connectivity index (χ1n) is 6.68. The minimum Gasteiger partial charge on any atom is -0.465 e. The van der Waals surface area contributed by atoms with E-state index in [-0.39, 0.29) is 12.4 Å². The number of hydrogen-bond donors (Lipinski definition) is 0. The molecular formula is C14H26O4. The molecule has 0 N–H and O–H groups in total. The molecular weight excluding hydrogens is 232 g/mol. The summed E-state index contributed by atoms with van der Waals surface area (Å²) in [5.74, 6) is -0.679. The molecule has 0 aromatic carbocycles. The van der Waals surface area contributed by atoms with Crippen LogP contribution in [0.3, 0.4) is 0 Å². The molecule has 0 atom stereocenters. The summed E-state index contributed by atoms with van der Waals surface area (Å²) in [5.41, 5.74) is -2.05. The van der Waals surface area contributed by atoms with Gasteiger partial charge < -0.3 is 9.47 Å². The van der Waals surface area contributed by atoms with E-state index in [1.165, 1.54) is 0 Å². The summed E-state index contributed by atoms with van der Waals surface area (Å²) < 4.78 is 10.6. The van der Waals surface area contributed by atoms with Gasteiger partial charge in [0.2, 0.25) is 0 Å². The highest BCUT2D eigenvalue weighted by Crippen LogP contribution is 2.32. The highest BCUT2D eigenvalue weighted by atomic mass is 16.5. The maximum atomic E-state index is 12.6. The molecule has 0 rings (SSSR count). The summed E-state index contributed by atoms with van der Waals surface area (Å²) in [4.78, 5) is 24.5. The molecule has 18 heavy (non-hydrogen) atoms. The smallest absolute Gasteiger partial charge is 0.319 e. The molecule has 0 radical (unpaired) electrons. The van der Waals surface area contributed by atoms with Crippen LogP contribution in [0.15, 0.2) is 0 Å². The van der Waals surface area contributed by atoms with Gasteiger partial charge in [-0.05, 0) is 40.5 Å². The first-order valence-corrected chi connectivity index (χ1v) is 6.68. The Kier molecular flexibility index (Phi) is 6.54. The second kappa shape index (κ2) is 6.88. The number of Topliss-reactive ketones (excluding diaryl/α,β-unsaturated/α-hetero) is 1. The summed E-state index contributed by atoms with van der Waals surface area (Å²) in [6.07, 6.45) is 1.11. The zero-order valence-corrected chi connectivity index (χ0v) is 12.5. The predicted molar refractivity (Wildman–Crippen MR) is 70.4 cm³/mol. The van der Waals surface area contributed by atoms with Crippen molar-refractivity contribution in [2.45, 2.75) is 60.0 Å². The van der Waals surface area contributed by atoms with Crippen molar-refractivity contribution in [3.63, 3.8) is 0 Å². The minimum absolute atomic E-state index is 0.194. The van der Waals surface area contributed by atoms with Crippen LogP contribution in [0.25, 0.3) is 0 Å². The molecule has 0 fully saturated rings. The number of hydrogen-bond acceptors (Lipinski definition) is 4. The maximum Gasteiger partial charge on any atom is 0.319 e. The van der Waals surface area contributed by atoms with Crippen LogP contribution >= 0.6 is 0 Å². The zero-order valence-electron chi connectivity index (χ0n) is 12.5. The van der Waals surface area contributed by atoms with E-state index in [0.29, 0.717) is 19.4 Å². The van der Waals surface area contributed by atoms with Crippen LogP contribution in [-0.2, 0) is 19.1 Å². The minimum atomic E-state index is -1.17. The van der Waals surface area contributed by atoms with Gasteiger partial charge in [-0.1, -0.05) is 13.8 Å². The first-order chi connectivity index (χ1) is 8.32. The van der Waals surface area contributed by atoms with Gasteiger partial charge in [0.05, 0.1) is 6.61 Å². The number of carbonyl (C=O) groups is 2. The molecule has 0 aromatic rings. The Labute approximate surface area is 110 Å². The van der Waals surface area contributed by atoms with E-state index >= 15 is 0 Å². The van der Waals surface area contributed by atoms with Crippen molar-refractivity contribution in [2.75, 3.05) is 13.2 Å². The van der Waals surface area contributed by atoms with Gasteiger partial charge in [-0.15, -0.1) is 0 Å². The first kappa shape index (κ1) is 17.1. The lowest BCUT2D eigenvalue weighted by Gasteiger charge is -2.35. The van der Waals surface area contributed by atoms with Crippen molar-refractivity contribution >= 4 is 11.8 Å². The van der Waals surface area contributed by atoms with Gasteiger partial charge in [-0.3, -0.25) is 9.59 Å². The molecule has 0 aliphatic carbocycles. The Morgan fingerprint density at radius 3 is 1.78 bits per heavy atom. The molecule has 0 aliphatic rings. The number of ether oxygens (including phenoxy) is 2. The van der Waals surface area contributed by atoms with Crippen LogP contribution in [-0.4, -0.2) is 30.6 Å². The summed E-state index contributed by atoms with van der Waals surface area (Å²) in [6.45, 7) is 11.3.